The first kappa shape index (κ1) is 18.5. The Labute approximate surface area is 155 Å². The van der Waals surface area contributed by atoms with Gasteiger partial charge < -0.3 is 19.9 Å². The van der Waals surface area contributed by atoms with Crippen molar-refractivity contribution >= 4 is 22.3 Å². The number of nitrogens with zero attached hydrogens (tertiary/aromatic N) is 4. The summed E-state index contributed by atoms with van der Waals surface area (Å²) in [6.07, 6.45) is 0. The van der Waals surface area contributed by atoms with Crippen LogP contribution in [0.5, 0.6) is 0 Å². The topological polar surface area (TPSA) is 43.3 Å². The van der Waals surface area contributed by atoms with Crippen molar-refractivity contribution in [2.45, 2.75) is 25.9 Å². The van der Waals surface area contributed by atoms with E-state index < -0.39 is 0 Å². The average Bonchev–Trinajstić information content (AvgIpc) is 3.17. The van der Waals surface area contributed by atoms with E-state index in [1.54, 1.807) is 0 Å². The molecule has 1 aromatic heterocycles. The molecule has 0 amide bonds. The Morgan fingerprint density at radius 3 is 2.80 bits per heavy atom. The molecule has 0 aromatic carbocycles. The molecule has 2 unspecified atom stereocenters. The minimum atomic E-state index is 0.475. The maximum atomic E-state index is 5.55. The summed E-state index contributed by atoms with van der Waals surface area (Å²) >= 11 is 1.82. The number of rotatable bonds is 4. The lowest BCUT2D eigenvalue weighted by atomic mass is 10.2. The lowest BCUT2D eigenvalue weighted by Crippen LogP contribution is -2.56. The summed E-state index contributed by atoms with van der Waals surface area (Å²) in [6.45, 7) is 12.3. The van der Waals surface area contributed by atoms with E-state index >= 15 is 0 Å². The smallest absolute Gasteiger partial charge is 0.193 e. The van der Waals surface area contributed by atoms with Gasteiger partial charge in [0.2, 0.25) is 0 Å². The quantitative estimate of drug-likeness (QED) is 0.648. The molecule has 7 heteroatoms. The highest BCUT2D eigenvalue weighted by atomic mass is 32.1. The van der Waals surface area contributed by atoms with Crippen molar-refractivity contribution in [3.8, 4) is 0 Å². The molecular weight excluding hydrogens is 334 g/mol. The first-order chi connectivity index (χ1) is 12.2. The van der Waals surface area contributed by atoms with Crippen LogP contribution in [0.2, 0.25) is 0 Å². The summed E-state index contributed by atoms with van der Waals surface area (Å²) in [5, 5.41) is 7.11. The van der Waals surface area contributed by atoms with Crippen molar-refractivity contribution in [2.75, 3.05) is 64.4 Å². The van der Waals surface area contributed by atoms with Crippen LogP contribution in [0.25, 0.3) is 0 Å². The number of guanidine groups is 1. The second-order valence-electron chi connectivity index (χ2n) is 6.86. The molecule has 0 spiro atoms. The molecule has 6 nitrogen and oxygen atoms in total. The van der Waals surface area contributed by atoms with E-state index in [4.69, 9.17) is 4.74 Å². The van der Waals surface area contributed by atoms with Crippen molar-refractivity contribution < 1.29 is 4.74 Å². The number of thiophene rings is 1. The monoisotopic (exact) mass is 365 g/mol. The zero-order valence-electron chi connectivity index (χ0n) is 15.6. The van der Waals surface area contributed by atoms with Crippen molar-refractivity contribution in [3.63, 3.8) is 0 Å². The van der Waals surface area contributed by atoms with Crippen LogP contribution in [0.1, 0.15) is 13.8 Å². The Balaban J connectivity index is 1.46. The van der Waals surface area contributed by atoms with Crippen LogP contribution < -0.4 is 10.2 Å². The molecule has 0 aliphatic carbocycles. The van der Waals surface area contributed by atoms with E-state index in [0.29, 0.717) is 12.1 Å². The first-order valence-corrected chi connectivity index (χ1v) is 10.1. The van der Waals surface area contributed by atoms with Gasteiger partial charge in [0.1, 0.15) is 0 Å². The molecule has 25 heavy (non-hydrogen) atoms. The summed E-state index contributed by atoms with van der Waals surface area (Å²) < 4.78 is 5.55. The number of ether oxygens (including phenoxy) is 1. The fourth-order valence-electron chi connectivity index (χ4n) is 3.67. The van der Waals surface area contributed by atoms with Crippen molar-refractivity contribution in [1.82, 2.24) is 15.1 Å². The number of nitrogens with one attached hydrogen (secondary N) is 1. The largest absolute Gasteiger partial charge is 0.379 e. The van der Waals surface area contributed by atoms with E-state index in [2.05, 4.69) is 56.4 Å². The van der Waals surface area contributed by atoms with E-state index in [1.807, 2.05) is 18.4 Å². The van der Waals surface area contributed by atoms with Crippen LogP contribution in [-0.4, -0.2) is 87.4 Å². The predicted octanol–water partition coefficient (Wildman–Crippen LogP) is 1.55. The van der Waals surface area contributed by atoms with Gasteiger partial charge in [-0.15, -0.1) is 11.3 Å². The van der Waals surface area contributed by atoms with Crippen LogP contribution in [0.15, 0.2) is 22.5 Å². The molecule has 2 aliphatic rings. The minimum Gasteiger partial charge on any atom is -0.379 e. The number of aliphatic imine (C=N–C) groups is 1. The van der Waals surface area contributed by atoms with Crippen LogP contribution >= 0.6 is 11.3 Å². The van der Waals surface area contributed by atoms with E-state index in [0.717, 1.165) is 58.4 Å². The highest BCUT2D eigenvalue weighted by molar-refractivity contribution is 7.14. The van der Waals surface area contributed by atoms with Crippen molar-refractivity contribution in [3.05, 3.63) is 17.5 Å². The Hall–Kier alpha value is -1.31. The first-order valence-electron chi connectivity index (χ1n) is 9.26. The van der Waals surface area contributed by atoms with Gasteiger partial charge >= 0.3 is 0 Å². The Kier molecular flexibility index (Phi) is 6.56. The zero-order valence-corrected chi connectivity index (χ0v) is 16.5. The molecule has 0 bridgehead atoms. The highest BCUT2D eigenvalue weighted by Gasteiger charge is 2.25. The van der Waals surface area contributed by atoms with E-state index in [-0.39, 0.29) is 0 Å². The Morgan fingerprint density at radius 2 is 2.16 bits per heavy atom. The molecule has 2 atom stereocenters. The Morgan fingerprint density at radius 1 is 1.36 bits per heavy atom. The number of hydrogen-bond donors (Lipinski definition) is 1. The average molecular weight is 366 g/mol. The molecule has 3 heterocycles. The SMILES string of the molecule is CN=C(NCC(C)N1CCOCC1C)N1CCN(c2cccs2)CC1. The van der Waals surface area contributed by atoms with Gasteiger partial charge in [0.25, 0.3) is 0 Å². The lowest BCUT2D eigenvalue weighted by molar-refractivity contribution is -0.0175. The molecule has 2 saturated heterocycles. The van der Waals surface area contributed by atoms with Crippen molar-refractivity contribution in [1.29, 1.82) is 0 Å². The molecular formula is C18H31N5OS. The van der Waals surface area contributed by atoms with Gasteiger partial charge in [0, 0.05) is 58.4 Å². The third kappa shape index (κ3) is 4.65. The summed E-state index contributed by atoms with van der Waals surface area (Å²) in [6, 6.07) is 5.30. The van der Waals surface area contributed by atoms with Crippen LogP contribution in [0.4, 0.5) is 5.00 Å². The fraction of sp³-hybridized carbons (Fsp3) is 0.722. The number of anilines is 1. The summed E-state index contributed by atoms with van der Waals surface area (Å²) in [4.78, 5) is 11.9. The third-order valence-electron chi connectivity index (χ3n) is 5.15. The van der Waals surface area contributed by atoms with E-state index in [1.165, 1.54) is 5.00 Å². The Bertz CT molecular complexity index is 542. The predicted molar refractivity (Wildman–Crippen MR) is 106 cm³/mol. The molecule has 3 rings (SSSR count). The van der Waals surface area contributed by atoms with Gasteiger partial charge in [0.05, 0.1) is 18.2 Å². The molecule has 2 fully saturated rings. The summed E-state index contributed by atoms with van der Waals surface area (Å²) in [5.74, 6) is 1.03. The zero-order chi connectivity index (χ0) is 17.6. The van der Waals surface area contributed by atoms with Crippen LogP contribution in [0.3, 0.4) is 0 Å². The lowest BCUT2D eigenvalue weighted by Gasteiger charge is -2.39. The number of hydrogen-bond acceptors (Lipinski definition) is 5. The second kappa shape index (κ2) is 8.87. The normalized spacial score (nSPS) is 24.4. The maximum Gasteiger partial charge on any atom is 0.193 e. The number of morpholine rings is 1. The molecule has 1 N–H and O–H groups in total. The minimum absolute atomic E-state index is 0.475. The van der Waals surface area contributed by atoms with Gasteiger partial charge in [-0.3, -0.25) is 9.89 Å². The molecule has 0 radical (unpaired) electrons. The molecule has 1 aromatic rings. The molecule has 2 aliphatic heterocycles. The van der Waals surface area contributed by atoms with Gasteiger partial charge in [-0.25, -0.2) is 0 Å². The standard InChI is InChI=1S/C18H31N5OS/c1-15(23-10-11-24-14-16(23)2)13-20-18(19-3)22-8-6-21(7-9-22)17-5-4-12-25-17/h4-5,12,15-16H,6-11,13-14H2,1-3H3,(H,19,20). The van der Waals surface area contributed by atoms with Gasteiger partial charge in [-0.2, -0.15) is 0 Å². The van der Waals surface area contributed by atoms with Gasteiger partial charge in [-0.05, 0) is 31.4 Å². The van der Waals surface area contributed by atoms with Crippen LogP contribution in [-0.2, 0) is 4.74 Å². The van der Waals surface area contributed by atoms with E-state index in [9.17, 15) is 0 Å². The second-order valence-corrected chi connectivity index (χ2v) is 7.79. The van der Waals surface area contributed by atoms with Gasteiger partial charge in [-0.1, -0.05) is 0 Å². The number of piperazine rings is 1. The summed E-state index contributed by atoms with van der Waals surface area (Å²) in [5.41, 5.74) is 0. The maximum absolute atomic E-state index is 5.55. The highest BCUT2D eigenvalue weighted by Crippen LogP contribution is 2.22. The van der Waals surface area contributed by atoms with Crippen molar-refractivity contribution in [2.24, 2.45) is 4.99 Å². The van der Waals surface area contributed by atoms with Crippen LogP contribution in [0, 0.1) is 0 Å². The molecule has 140 valence electrons. The molecule has 0 saturated carbocycles. The third-order valence-corrected chi connectivity index (χ3v) is 6.08. The fourth-order valence-corrected chi connectivity index (χ4v) is 4.46. The summed E-state index contributed by atoms with van der Waals surface area (Å²) in [7, 11) is 1.88. The van der Waals surface area contributed by atoms with Gasteiger partial charge in [0.15, 0.2) is 5.96 Å².